The fourth-order valence-electron chi connectivity index (χ4n) is 1.97. The lowest BCUT2D eigenvalue weighted by Gasteiger charge is -2.14. The maximum atomic E-state index is 13.1. The highest BCUT2D eigenvalue weighted by Crippen LogP contribution is 2.23. The van der Waals surface area contributed by atoms with E-state index in [1.54, 1.807) is 12.1 Å². The van der Waals surface area contributed by atoms with Gasteiger partial charge in [0.1, 0.15) is 17.3 Å². The maximum absolute atomic E-state index is 13.1. The molecule has 0 spiro atoms. The number of ether oxygens (including phenoxy) is 1. The molecule has 3 heteroatoms. The molecule has 2 aromatic rings. The minimum atomic E-state index is -0.295. The molecule has 1 N–H and O–H groups in total. The van der Waals surface area contributed by atoms with Crippen LogP contribution in [0, 0.1) is 5.82 Å². The molecule has 106 valence electrons. The van der Waals surface area contributed by atoms with Crippen molar-refractivity contribution < 1.29 is 9.13 Å². The molecule has 0 aliphatic carbocycles. The van der Waals surface area contributed by atoms with Crippen LogP contribution in [0.2, 0.25) is 0 Å². The van der Waals surface area contributed by atoms with E-state index in [-0.39, 0.29) is 5.82 Å². The lowest BCUT2D eigenvalue weighted by Crippen LogP contribution is -2.19. The highest BCUT2D eigenvalue weighted by molar-refractivity contribution is 5.34. The van der Waals surface area contributed by atoms with Gasteiger partial charge >= 0.3 is 0 Å². The Kier molecular flexibility index (Phi) is 5.13. The standard InChI is InChI=1S/C17H20FNO/c1-3-11-19-13(2)14-7-9-16(10-8-14)20-17-6-4-5-15(18)12-17/h4-10,12-13,19H,3,11H2,1-2H3. The smallest absolute Gasteiger partial charge is 0.130 e. The van der Waals surface area contributed by atoms with Gasteiger partial charge in [-0.05, 0) is 49.7 Å². The van der Waals surface area contributed by atoms with Crippen molar-refractivity contribution in [1.82, 2.24) is 5.32 Å². The Bertz CT molecular complexity index is 539. The van der Waals surface area contributed by atoms with Crippen LogP contribution in [0.1, 0.15) is 31.9 Å². The molecule has 1 atom stereocenters. The van der Waals surface area contributed by atoms with E-state index in [1.165, 1.54) is 17.7 Å². The number of halogens is 1. The molecule has 0 saturated heterocycles. The van der Waals surface area contributed by atoms with Crippen molar-refractivity contribution in [2.75, 3.05) is 6.54 Å². The SMILES string of the molecule is CCCNC(C)c1ccc(Oc2cccc(F)c2)cc1. The number of benzene rings is 2. The van der Waals surface area contributed by atoms with Crippen molar-refractivity contribution in [1.29, 1.82) is 0 Å². The van der Waals surface area contributed by atoms with Crippen LogP contribution in [0.25, 0.3) is 0 Å². The van der Waals surface area contributed by atoms with Crippen molar-refractivity contribution in [2.24, 2.45) is 0 Å². The van der Waals surface area contributed by atoms with E-state index in [2.05, 4.69) is 19.2 Å². The summed E-state index contributed by atoms with van der Waals surface area (Å²) in [5.41, 5.74) is 1.21. The van der Waals surface area contributed by atoms with Gasteiger partial charge in [-0.15, -0.1) is 0 Å². The fourth-order valence-corrected chi connectivity index (χ4v) is 1.97. The van der Waals surface area contributed by atoms with Gasteiger partial charge in [-0.2, -0.15) is 0 Å². The first-order valence-electron chi connectivity index (χ1n) is 6.96. The highest BCUT2D eigenvalue weighted by atomic mass is 19.1. The maximum Gasteiger partial charge on any atom is 0.130 e. The zero-order valence-corrected chi connectivity index (χ0v) is 11.9. The molecule has 2 nitrogen and oxygen atoms in total. The summed E-state index contributed by atoms with van der Waals surface area (Å²) in [6.07, 6.45) is 1.12. The highest BCUT2D eigenvalue weighted by Gasteiger charge is 2.04. The van der Waals surface area contributed by atoms with Gasteiger partial charge in [-0.3, -0.25) is 0 Å². The first-order chi connectivity index (χ1) is 9.69. The number of rotatable bonds is 6. The van der Waals surface area contributed by atoms with Crippen molar-refractivity contribution in [3.05, 3.63) is 59.9 Å². The minimum Gasteiger partial charge on any atom is -0.457 e. The monoisotopic (exact) mass is 273 g/mol. The van der Waals surface area contributed by atoms with Gasteiger partial charge in [0.25, 0.3) is 0 Å². The Hall–Kier alpha value is -1.87. The molecule has 0 aliphatic heterocycles. The molecule has 0 heterocycles. The van der Waals surface area contributed by atoms with Crippen LogP contribution in [-0.2, 0) is 0 Å². The normalized spacial score (nSPS) is 12.2. The summed E-state index contributed by atoms with van der Waals surface area (Å²) in [6.45, 7) is 5.29. The Morgan fingerprint density at radius 1 is 1.10 bits per heavy atom. The van der Waals surface area contributed by atoms with Crippen LogP contribution in [-0.4, -0.2) is 6.54 Å². The second kappa shape index (κ2) is 7.06. The zero-order valence-electron chi connectivity index (χ0n) is 11.9. The third-order valence-electron chi connectivity index (χ3n) is 3.11. The van der Waals surface area contributed by atoms with Crippen molar-refractivity contribution >= 4 is 0 Å². The average Bonchev–Trinajstić information content (AvgIpc) is 2.45. The van der Waals surface area contributed by atoms with E-state index in [9.17, 15) is 4.39 Å². The lowest BCUT2D eigenvalue weighted by atomic mass is 10.1. The number of hydrogen-bond donors (Lipinski definition) is 1. The molecule has 20 heavy (non-hydrogen) atoms. The van der Waals surface area contributed by atoms with Gasteiger partial charge < -0.3 is 10.1 Å². The Labute approximate surface area is 119 Å². The van der Waals surface area contributed by atoms with Gasteiger partial charge in [0.15, 0.2) is 0 Å². The zero-order chi connectivity index (χ0) is 14.4. The van der Waals surface area contributed by atoms with Gasteiger partial charge in [-0.1, -0.05) is 25.1 Å². The van der Waals surface area contributed by atoms with Gasteiger partial charge in [-0.25, -0.2) is 4.39 Å². The van der Waals surface area contributed by atoms with Gasteiger partial charge in [0.05, 0.1) is 0 Å². The van der Waals surface area contributed by atoms with E-state index in [0.29, 0.717) is 17.5 Å². The van der Waals surface area contributed by atoms with Crippen LogP contribution in [0.15, 0.2) is 48.5 Å². The molecule has 1 unspecified atom stereocenters. The Morgan fingerprint density at radius 2 is 1.85 bits per heavy atom. The topological polar surface area (TPSA) is 21.3 Å². The number of hydrogen-bond acceptors (Lipinski definition) is 2. The molecule has 0 amide bonds. The molecule has 0 saturated carbocycles. The summed E-state index contributed by atoms with van der Waals surface area (Å²) in [6, 6.07) is 14.3. The van der Waals surface area contributed by atoms with E-state index in [4.69, 9.17) is 4.74 Å². The lowest BCUT2D eigenvalue weighted by molar-refractivity contribution is 0.476. The molecular weight excluding hydrogens is 253 g/mol. The molecular formula is C17H20FNO. The van der Waals surface area contributed by atoms with Crippen molar-refractivity contribution in [3.8, 4) is 11.5 Å². The summed E-state index contributed by atoms with van der Waals surface area (Å²) < 4.78 is 18.7. The third kappa shape index (κ3) is 4.07. The summed E-state index contributed by atoms with van der Waals surface area (Å²) in [5, 5.41) is 3.43. The van der Waals surface area contributed by atoms with E-state index in [1.807, 2.05) is 24.3 Å². The fraction of sp³-hybridized carbons (Fsp3) is 0.294. The molecule has 0 aliphatic rings. The summed E-state index contributed by atoms with van der Waals surface area (Å²) in [7, 11) is 0. The van der Waals surface area contributed by atoms with Gasteiger partial charge in [0, 0.05) is 12.1 Å². The predicted octanol–water partition coefficient (Wildman–Crippen LogP) is 4.68. The quantitative estimate of drug-likeness (QED) is 0.825. The molecule has 0 radical (unpaired) electrons. The van der Waals surface area contributed by atoms with E-state index < -0.39 is 0 Å². The Balaban J connectivity index is 2.01. The average molecular weight is 273 g/mol. The van der Waals surface area contributed by atoms with E-state index in [0.717, 1.165) is 13.0 Å². The third-order valence-corrected chi connectivity index (χ3v) is 3.11. The summed E-state index contributed by atoms with van der Waals surface area (Å²) in [4.78, 5) is 0. The minimum absolute atomic E-state index is 0.295. The number of nitrogens with one attached hydrogen (secondary N) is 1. The van der Waals surface area contributed by atoms with Crippen molar-refractivity contribution in [2.45, 2.75) is 26.3 Å². The molecule has 2 aromatic carbocycles. The molecule has 0 bridgehead atoms. The van der Waals surface area contributed by atoms with Crippen LogP contribution < -0.4 is 10.1 Å². The largest absolute Gasteiger partial charge is 0.457 e. The molecule has 0 fully saturated rings. The van der Waals surface area contributed by atoms with Crippen LogP contribution in [0.5, 0.6) is 11.5 Å². The predicted molar refractivity (Wildman–Crippen MR) is 79.6 cm³/mol. The molecule has 0 aromatic heterocycles. The van der Waals surface area contributed by atoms with Crippen LogP contribution >= 0.6 is 0 Å². The Morgan fingerprint density at radius 3 is 2.50 bits per heavy atom. The van der Waals surface area contributed by atoms with Crippen LogP contribution in [0.4, 0.5) is 4.39 Å². The van der Waals surface area contributed by atoms with Gasteiger partial charge in [0.2, 0.25) is 0 Å². The van der Waals surface area contributed by atoms with E-state index >= 15 is 0 Å². The second-order valence-electron chi connectivity index (χ2n) is 4.80. The first-order valence-corrected chi connectivity index (χ1v) is 6.96. The summed E-state index contributed by atoms with van der Waals surface area (Å²) in [5.74, 6) is 0.924. The van der Waals surface area contributed by atoms with Crippen LogP contribution in [0.3, 0.4) is 0 Å². The summed E-state index contributed by atoms with van der Waals surface area (Å²) >= 11 is 0. The first kappa shape index (κ1) is 14.5. The molecule has 2 rings (SSSR count). The van der Waals surface area contributed by atoms with Crippen molar-refractivity contribution in [3.63, 3.8) is 0 Å². The second-order valence-corrected chi connectivity index (χ2v) is 4.80.